The second-order valence-electron chi connectivity index (χ2n) is 8.82. The molecule has 7 nitrogen and oxygen atoms in total. The number of hydrogen-bond acceptors (Lipinski definition) is 5. The van der Waals surface area contributed by atoms with Gasteiger partial charge in [-0.1, -0.05) is 36.4 Å². The van der Waals surface area contributed by atoms with Gasteiger partial charge in [-0.2, -0.15) is 0 Å². The van der Waals surface area contributed by atoms with Crippen LogP contribution in [0.5, 0.6) is 11.5 Å². The minimum atomic E-state index is 0.126. The van der Waals surface area contributed by atoms with Crippen LogP contribution in [0.3, 0.4) is 0 Å². The average molecular weight is 466 g/mol. The molecule has 0 atom stereocenters. The minimum absolute atomic E-state index is 0.126. The fraction of sp³-hybridized carbons (Fsp3) is 0.481. The first-order chi connectivity index (χ1) is 16.6. The van der Waals surface area contributed by atoms with Gasteiger partial charge in [0.05, 0.1) is 13.0 Å². The lowest BCUT2D eigenvalue weighted by Crippen LogP contribution is -2.39. The number of nitrogens with zero attached hydrogens (tertiary/aromatic N) is 3. The number of rotatable bonds is 7. The number of likely N-dealkylation sites (N-methyl/N-ethyl adjacent to an activating group) is 1. The molecular formula is C27H35N3O4. The maximum Gasteiger partial charge on any atom is 0.227 e. The van der Waals surface area contributed by atoms with E-state index in [2.05, 4.69) is 11.0 Å². The second-order valence-corrected chi connectivity index (χ2v) is 8.82. The standard InChI is InChI=1S/C27H35N3O4/c1-2-29-15-14-28(16-18-33-24-10-5-3-8-22(24)20-27(29)32)21-23-9-4-6-11-25(23)34-19-17-30-13-7-12-26(30)31/h3-6,8-11H,2,7,12-21H2,1H3. The van der Waals surface area contributed by atoms with Gasteiger partial charge in [-0.15, -0.1) is 0 Å². The summed E-state index contributed by atoms with van der Waals surface area (Å²) in [7, 11) is 0. The molecule has 4 rings (SSSR count). The van der Waals surface area contributed by atoms with Crippen molar-refractivity contribution < 1.29 is 19.1 Å². The van der Waals surface area contributed by atoms with Gasteiger partial charge in [-0.3, -0.25) is 14.5 Å². The van der Waals surface area contributed by atoms with Gasteiger partial charge < -0.3 is 19.3 Å². The van der Waals surface area contributed by atoms with E-state index in [-0.39, 0.29) is 11.8 Å². The summed E-state index contributed by atoms with van der Waals surface area (Å²) in [5, 5.41) is 0. The van der Waals surface area contributed by atoms with Gasteiger partial charge in [-0.25, -0.2) is 0 Å². The molecule has 0 saturated carbocycles. The highest BCUT2D eigenvalue weighted by molar-refractivity contribution is 5.79. The van der Waals surface area contributed by atoms with E-state index >= 15 is 0 Å². The fourth-order valence-electron chi connectivity index (χ4n) is 4.56. The Balaban J connectivity index is 1.42. The Kier molecular flexibility index (Phi) is 8.41. The first-order valence-electron chi connectivity index (χ1n) is 12.3. The van der Waals surface area contributed by atoms with Gasteiger partial charge >= 0.3 is 0 Å². The van der Waals surface area contributed by atoms with Crippen LogP contribution in [0, 0.1) is 0 Å². The zero-order chi connectivity index (χ0) is 23.8. The first-order valence-corrected chi connectivity index (χ1v) is 12.3. The van der Waals surface area contributed by atoms with E-state index in [0.717, 1.165) is 48.7 Å². The van der Waals surface area contributed by atoms with E-state index in [1.807, 2.05) is 59.2 Å². The molecule has 2 aliphatic heterocycles. The zero-order valence-electron chi connectivity index (χ0n) is 20.1. The molecule has 0 aliphatic carbocycles. The summed E-state index contributed by atoms with van der Waals surface area (Å²) in [6.45, 7) is 8.09. The van der Waals surface area contributed by atoms with E-state index in [9.17, 15) is 9.59 Å². The van der Waals surface area contributed by atoms with Crippen molar-refractivity contribution in [1.82, 2.24) is 14.7 Å². The van der Waals surface area contributed by atoms with Crippen molar-refractivity contribution in [1.29, 1.82) is 0 Å². The third kappa shape index (κ3) is 6.29. The van der Waals surface area contributed by atoms with Crippen LogP contribution in [0.15, 0.2) is 48.5 Å². The lowest BCUT2D eigenvalue weighted by Gasteiger charge is -2.27. The number of hydrogen-bond donors (Lipinski definition) is 0. The number of benzene rings is 2. The van der Waals surface area contributed by atoms with Gasteiger partial charge in [0.15, 0.2) is 0 Å². The molecule has 0 N–H and O–H groups in total. The number of para-hydroxylation sites is 2. The van der Waals surface area contributed by atoms with Crippen molar-refractivity contribution in [2.45, 2.75) is 32.7 Å². The molecule has 1 saturated heterocycles. The predicted molar refractivity (Wildman–Crippen MR) is 131 cm³/mol. The van der Waals surface area contributed by atoms with Crippen LogP contribution >= 0.6 is 0 Å². The normalized spacial score (nSPS) is 17.8. The monoisotopic (exact) mass is 465 g/mol. The first kappa shape index (κ1) is 24.1. The number of carbonyl (C=O) groups is 2. The van der Waals surface area contributed by atoms with E-state index in [1.165, 1.54) is 0 Å². The van der Waals surface area contributed by atoms with E-state index in [1.54, 1.807) is 0 Å². The molecule has 0 radical (unpaired) electrons. The maximum atomic E-state index is 12.9. The molecule has 0 spiro atoms. The molecule has 1 fully saturated rings. The average Bonchev–Trinajstić information content (AvgIpc) is 3.24. The molecule has 7 heteroatoms. The molecule has 0 aromatic heterocycles. The van der Waals surface area contributed by atoms with Crippen molar-refractivity contribution in [2.24, 2.45) is 0 Å². The third-order valence-electron chi connectivity index (χ3n) is 6.56. The fourth-order valence-corrected chi connectivity index (χ4v) is 4.56. The van der Waals surface area contributed by atoms with Crippen LogP contribution in [0.25, 0.3) is 0 Å². The highest BCUT2D eigenvalue weighted by Gasteiger charge is 2.21. The largest absolute Gasteiger partial charge is 0.492 e. The van der Waals surface area contributed by atoms with Crippen LogP contribution in [0.2, 0.25) is 0 Å². The van der Waals surface area contributed by atoms with Crippen molar-refractivity contribution in [2.75, 3.05) is 52.5 Å². The molecule has 0 bridgehead atoms. The molecule has 2 aliphatic rings. The summed E-state index contributed by atoms with van der Waals surface area (Å²) in [6, 6.07) is 15.9. The number of amides is 2. The van der Waals surface area contributed by atoms with Crippen LogP contribution in [-0.4, -0.2) is 79.0 Å². The Morgan fingerprint density at radius 3 is 2.56 bits per heavy atom. The third-order valence-corrected chi connectivity index (χ3v) is 6.56. The summed E-state index contributed by atoms with van der Waals surface area (Å²) >= 11 is 0. The van der Waals surface area contributed by atoms with Gasteiger partial charge in [-0.05, 0) is 25.5 Å². The molecule has 2 aromatic rings. The highest BCUT2D eigenvalue weighted by Crippen LogP contribution is 2.22. The smallest absolute Gasteiger partial charge is 0.227 e. The molecular weight excluding hydrogens is 430 g/mol. The molecule has 2 heterocycles. The van der Waals surface area contributed by atoms with Crippen molar-refractivity contribution >= 4 is 11.8 Å². The van der Waals surface area contributed by atoms with Crippen LogP contribution in [-0.2, 0) is 22.6 Å². The quantitative estimate of drug-likeness (QED) is 0.629. The van der Waals surface area contributed by atoms with Gasteiger partial charge in [0.25, 0.3) is 0 Å². The van der Waals surface area contributed by atoms with Gasteiger partial charge in [0, 0.05) is 56.8 Å². The van der Waals surface area contributed by atoms with Gasteiger partial charge in [0.1, 0.15) is 24.7 Å². The number of carbonyl (C=O) groups excluding carboxylic acids is 2. The Bertz CT molecular complexity index is 980. The molecule has 182 valence electrons. The molecule has 34 heavy (non-hydrogen) atoms. The SMILES string of the molecule is CCN1CCN(Cc2ccccc2OCCN2CCCC2=O)CCOc2ccccc2CC1=O. The Hall–Kier alpha value is -3.06. The Morgan fingerprint density at radius 2 is 1.74 bits per heavy atom. The summed E-state index contributed by atoms with van der Waals surface area (Å²) in [5.74, 6) is 1.98. The summed E-state index contributed by atoms with van der Waals surface area (Å²) in [4.78, 5) is 30.9. The molecule has 0 unspecified atom stereocenters. The van der Waals surface area contributed by atoms with Crippen LogP contribution in [0.1, 0.15) is 30.9 Å². The Labute approximate surface area is 202 Å². The van der Waals surface area contributed by atoms with Crippen LogP contribution in [0.4, 0.5) is 0 Å². The lowest BCUT2D eigenvalue weighted by atomic mass is 10.1. The van der Waals surface area contributed by atoms with Crippen molar-refractivity contribution in [3.05, 3.63) is 59.7 Å². The second kappa shape index (κ2) is 11.9. The highest BCUT2D eigenvalue weighted by atomic mass is 16.5. The zero-order valence-corrected chi connectivity index (χ0v) is 20.1. The summed E-state index contributed by atoms with van der Waals surface area (Å²) in [5.41, 5.74) is 2.04. The van der Waals surface area contributed by atoms with Gasteiger partial charge in [0.2, 0.25) is 11.8 Å². The number of ether oxygens (including phenoxy) is 2. The topological polar surface area (TPSA) is 62.3 Å². The van der Waals surface area contributed by atoms with E-state index < -0.39 is 0 Å². The minimum Gasteiger partial charge on any atom is -0.492 e. The van der Waals surface area contributed by atoms with Crippen LogP contribution < -0.4 is 9.47 Å². The van der Waals surface area contributed by atoms with Crippen molar-refractivity contribution in [3.8, 4) is 11.5 Å². The Morgan fingerprint density at radius 1 is 0.912 bits per heavy atom. The van der Waals surface area contributed by atoms with Crippen molar-refractivity contribution in [3.63, 3.8) is 0 Å². The van der Waals surface area contributed by atoms with E-state index in [4.69, 9.17) is 9.47 Å². The summed E-state index contributed by atoms with van der Waals surface area (Å²) in [6.07, 6.45) is 1.95. The number of likely N-dealkylation sites (tertiary alicyclic amines) is 1. The predicted octanol–water partition coefficient (Wildman–Crippen LogP) is 2.97. The number of fused-ring (bicyclic) bond motifs is 1. The molecule has 2 amide bonds. The maximum absolute atomic E-state index is 12.9. The van der Waals surface area contributed by atoms with E-state index in [0.29, 0.717) is 52.2 Å². The molecule has 2 aromatic carbocycles. The summed E-state index contributed by atoms with van der Waals surface area (Å²) < 4.78 is 12.2. The lowest BCUT2D eigenvalue weighted by molar-refractivity contribution is -0.130.